The molecule has 3 heterocycles. The minimum atomic E-state index is -0.232. The van der Waals surface area contributed by atoms with Gasteiger partial charge in [-0.3, -0.25) is 4.79 Å². The summed E-state index contributed by atoms with van der Waals surface area (Å²) in [6, 6.07) is 15.7. The molecular weight excluding hydrogens is 340 g/mol. The van der Waals surface area contributed by atoms with Gasteiger partial charge in [0.25, 0.3) is 5.91 Å². The lowest BCUT2D eigenvalue weighted by atomic mass is 10.00. The second-order valence-corrected chi connectivity index (χ2v) is 7.23. The van der Waals surface area contributed by atoms with Crippen molar-refractivity contribution in [3.05, 3.63) is 65.2 Å². The molecule has 0 saturated carbocycles. The number of nitrogens with one attached hydrogen (secondary N) is 1. The van der Waals surface area contributed by atoms with Gasteiger partial charge in [0.1, 0.15) is 18.5 Å². The number of carbonyl (C=O) groups is 1. The highest BCUT2D eigenvalue weighted by Crippen LogP contribution is 2.33. The Balaban J connectivity index is 1.52. The molecule has 1 fully saturated rings. The molecule has 1 saturated heterocycles. The number of hydrogen-bond acceptors (Lipinski definition) is 4. The van der Waals surface area contributed by atoms with E-state index >= 15 is 0 Å². The van der Waals surface area contributed by atoms with Crippen molar-refractivity contribution in [1.29, 1.82) is 0 Å². The van der Waals surface area contributed by atoms with E-state index < -0.39 is 0 Å². The number of rotatable bonds is 3. The average molecular weight is 362 g/mol. The molecule has 0 aromatic heterocycles. The van der Waals surface area contributed by atoms with E-state index in [9.17, 15) is 4.79 Å². The molecule has 0 unspecified atom stereocenters. The first-order chi connectivity index (χ1) is 13.3. The fraction of sp³-hybridized carbons (Fsp3) is 0.318. The molecule has 5 nitrogen and oxygen atoms in total. The number of carbonyl (C=O) groups excluding carboxylic acids is 1. The third kappa shape index (κ3) is 2.98. The summed E-state index contributed by atoms with van der Waals surface area (Å²) in [6.07, 6.45) is 4.06. The van der Waals surface area contributed by atoms with Crippen LogP contribution in [0.25, 0.3) is 6.08 Å². The maximum atomic E-state index is 13.3. The second kappa shape index (κ2) is 6.74. The smallest absolute Gasteiger partial charge is 0.257 e. The monoisotopic (exact) mass is 362 g/mol. The Labute approximate surface area is 158 Å². The maximum absolute atomic E-state index is 13.3. The summed E-state index contributed by atoms with van der Waals surface area (Å²) in [5.41, 5.74) is 3.68. The Kier molecular flexibility index (Phi) is 4.09. The van der Waals surface area contributed by atoms with E-state index in [0.29, 0.717) is 18.7 Å². The highest BCUT2D eigenvalue weighted by molar-refractivity contribution is 6.02. The van der Waals surface area contributed by atoms with Crippen LogP contribution in [-0.4, -0.2) is 42.8 Å². The lowest BCUT2D eigenvalue weighted by Crippen LogP contribution is -2.53. The highest BCUT2D eigenvalue weighted by Gasteiger charge is 2.37. The van der Waals surface area contributed by atoms with Gasteiger partial charge in [-0.05, 0) is 37.1 Å². The highest BCUT2D eigenvalue weighted by atomic mass is 16.5. The first-order valence-electron chi connectivity index (χ1n) is 9.50. The Bertz CT molecular complexity index is 902. The molecule has 27 heavy (non-hydrogen) atoms. The average Bonchev–Trinajstić information content (AvgIpc) is 3.23. The fourth-order valence-electron chi connectivity index (χ4n) is 4.07. The van der Waals surface area contributed by atoms with Gasteiger partial charge in [-0.1, -0.05) is 30.3 Å². The van der Waals surface area contributed by atoms with Gasteiger partial charge in [-0.25, -0.2) is 0 Å². The fourth-order valence-corrected chi connectivity index (χ4v) is 4.07. The number of fused-ring (bicyclic) bond motifs is 2. The summed E-state index contributed by atoms with van der Waals surface area (Å²) in [7, 11) is 0. The SMILES string of the molecule is O=C1c2ccccc2N[C@@H](C2=Cc3ccccc3OC2)N1C[C@@H]1CCCO1. The number of benzene rings is 2. The third-order valence-corrected chi connectivity index (χ3v) is 5.45. The molecule has 5 rings (SSSR count). The summed E-state index contributed by atoms with van der Waals surface area (Å²) in [5.74, 6) is 0.930. The van der Waals surface area contributed by atoms with E-state index in [1.807, 2.05) is 53.4 Å². The number of nitrogens with zero attached hydrogens (tertiary/aromatic N) is 1. The first-order valence-corrected chi connectivity index (χ1v) is 9.50. The molecule has 0 spiro atoms. The van der Waals surface area contributed by atoms with Crippen molar-refractivity contribution in [3.8, 4) is 5.75 Å². The Morgan fingerprint density at radius 3 is 2.85 bits per heavy atom. The molecule has 2 aromatic carbocycles. The first kappa shape index (κ1) is 16.4. The molecule has 0 radical (unpaired) electrons. The summed E-state index contributed by atoms with van der Waals surface area (Å²) in [6.45, 7) is 1.83. The Morgan fingerprint density at radius 2 is 1.96 bits per heavy atom. The standard InChI is InChI=1S/C22H22N2O3/c25-22-18-8-2-3-9-19(18)23-21(24(22)13-17-7-5-11-26-17)16-12-15-6-1-4-10-20(15)27-14-16/h1-4,6,8-10,12,17,21,23H,5,7,11,13-14H2/t17-,21+/m0/s1. The second-order valence-electron chi connectivity index (χ2n) is 7.23. The van der Waals surface area contributed by atoms with Gasteiger partial charge >= 0.3 is 0 Å². The quantitative estimate of drug-likeness (QED) is 0.907. The van der Waals surface area contributed by atoms with E-state index in [1.54, 1.807) is 0 Å². The lowest BCUT2D eigenvalue weighted by molar-refractivity contribution is 0.0456. The van der Waals surface area contributed by atoms with Crippen LogP contribution < -0.4 is 10.1 Å². The normalized spacial score (nSPS) is 23.8. The zero-order valence-corrected chi connectivity index (χ0v) is 15.1. The summed E-state index contributed by atoms with van der Waals surface area (Å²) < 4.78 is 11.8. The molecule has 2 atom stereocenters. The van der Waals surface area contributed by atoms with Gasteiger partial charge in [0, 0.05) is 30.0 Å². The van der Waals surface area contributed by atoms with Crippen molar-refractivity contribution in [3.63, 3.8) is 0 Å². The number of hydrogen-bond donors (Lipinski definition) is 1. The van der Waals surface area contributed by atoms with Crippen LogP contribution >= 0.6 is 0 Å². The molecule has 1 N–H and O–H groups in total. The van der Waals surface area contributed by atoms with E-state index in [2.05, 4.69) is 11.4 Å². The van der Waals surface area contributed by atoms with Crippen LogP contribution in [0.2, 0.25) is 0 Å². The van der Waals surface area contributed by atoms with Crippen LogP contribution in [0.15, 0.2) is 54.1 Å². The van der Waals surface area contributed by atoms with Crippen molar-refractivity contribution in [1.82, 2.24) is 4.90 Å². The topological polar surface area (TPSA) is 50.8 Å². The van der Waals surface area contributed by atoms with Crippen LogP contribution in [0.4, 0.5) is 5.69 Å². The minimum Gasteiger partial charge on any atom is -0.488 e. The molecule has 0 aliphatic carbocycles. The van der Waals surface area contributed by atoms with Crippen LogP contribution in [-0.2, 0) is 4.74 Å². The summed E-state index contributed by atoms with van der Waals surface area (Å²) >= 11 is 0. The van der Waals surface area contributed by atoms with Crippen LogP contribution in [0, 0.1) is 0 Å². The van der Waals surface area contributed by atoms with E-state index in [-0.39, 0.29) is 18.2 Å². The van der Waals surface area contributed by atoms with E-state index in [4.69, 9.17) is 9.47 Å². The van der Waals surface area contributed by atoms with Crippen molar-refractivity contribution in [2.24, 2.45) is 0 Å². The third-order valence-electron chi connectivity index (χ3n) is 5.45. The van der Waals surface area contributed by atoms with Gasteiger partial charge in [-0.15, -0.1) is 0 Å². The molecule has 3 aliphatic heterocycles. The number of anilines is 1. The summed E-state index contributed by atoms with van der Waals surface area (Å²) in [4.78, 5) is 15.2. The van der Waals surface area contributed by atoms with Crippen molar-refractivity contribution >= 4 is 17.7 Å². The predicted molar refractivity (Wildman–Crippen MR) is 104 cm³/mol. The van der Waals surface area contributed by atoms with Gasteiger partial charge in [-0.2, -0.15) is 0 Å². The van der Waals surface area contributed by atoms with Crippen molar-refractivity contribution in [2.75, 3.05) is 25.1 Å². The van der Waals surface area contributed by atoms with Crippen LogP contribution in [0.3, 0.4) is 0 Å². The van der Waals surface area contributed by atoms with E-state index in [1.165, 1.54) is 0 Å². The number of amides is 1. The maximum Gasteiger partial charge on any atom is 0.257 e. The molecule has 138 valence electrons. The zero-order chi connectivity index (χ0) is 18.2. The van der Waals surface area contributed by atoms with Gasteiger partial charge in [0.15, 0.2) is 0 Å². The Morgan fingerprint density at radius 1 is 1.11 bits per heavy atom. The molecule has 1 amide bonds. The van der Waals surface area contributed by atoms with Crippen molar-refractivity contribution in [2.45, 2.75) is 25.1 Å². The number of para-hydroxylation sites is 2. The zero-order valence-electron chi connectivity index (χ0n) is 15.1. The van der Waals surface area contributed by atoms with E-state index in [0.717, 1.165) is 42.0 Å². The molecule has 3 aliphatic rings. The molecule has 0 bridgehead atoms. The van der Waals surface area contributed by atoms with Gasteiger partial charge < -0.3 is 19.7 Å². The van der Waals surface area contributed by atoms with Crippen LogP contribution in [0.1, 0.15) is 28.8 Å². The lowest BCUT2D eigenvalue weighted by Gasteiger charge is -2.40. The molecule has 5 heteroatoms. The van der Waals surface area contributed by atoms with Crippen LogP contribution in [0.5, 0.6) is 5.75 Å². The molecule has 2 aromatic rings. The number of ether oxygens (including phenoxy) is 2. The van der Waals surface area contributed by atoms with Gasteiger partial charge in [0.2, 0.25) is 0 Å². The largest absolute Gasteiger partial charge is 0.488 e. The summed E-state index contributed by atoms with van der Waals surface area (Å²) in [5, 5.41) is 3.55. The Hall–Kier alpha value is -2.79. The predicted octanol–water partition coefficient (Wildman–Crippen LogP) is 3.54. The minimum absolute atomic E-state index is 0.0459. The van der Waals surface area contributed by atoms with Gasteiger partial charge in [0.05, 0.1) is 11.7 Å². The van der Waals surface area contributed by atoms with Crippen molar-refractivity contribution < 1.29 is 14.3 Å². The molecular formula is C22H22N2O3.